The number of ether oxygens (including phenoxy) is 1. The van der Waals surface area contributed by atoms with Gasteiger partial charge in [0.15, 0.2) is 0 Å². The van der Waals surface area contributed by atoms with Crippen LogP contribution in [-0.4, -0.2) is 45.4 Å². The smallest absolute Gasteiger partial charge is 0.129 e. The van der Waals surface area contributed by atoms with Crippen LogP contribution < -0.4 is 0 Å². The van der Waals surface area contributed by atoms with Crippen molar-refractivity contribution in [1.29, 1.82) is 0 Å². The van der Waals surface area contributed by atoms with Crippen molar-refractivity contribution in [1.82, 2.24) is 14.5 Å². The molecular weight excluding hydrogens is 306 g/mol. The van der Waals surface area contributed by atoms with Gasteiger partial charge >= 0.3 is 0 Å². The Balaban J connectivity index is 1.49. The van der Waals surface area contributed by atoms with Crippen LogP contribution in [0.4, 0.5) is 0 Å². The zero-order chi connectivity index (χ0) is 17.1. The molecule has 0 amide bonds. The molecule has 1 N–H and O–H groups in total. The highest BCUT2D eigenvalue weighted by Crippen LogP contribution is 2.23. The Kier molecular flexibility index (Phi) is 5.38. The lowest BCUT2D eigenvalue weighted by molar-refractivity contribution is 0.00284. The molecule has 0 aliphatic carbocycles. The molecular formula is C18H27N3O3. The van der Waals surface area contributed by atoms with Gasteiger partial charge in [-0.3, -0.25) is 4.90 Å². The van der Waals surface area contributed by atoms with Gasteiger partial charge < -0.3 is 18.8 Å². The largest absolute Gasteiger partial charge is 0.467 e. The van der Waals surface area contributed by atoms with Gasteiger partial charge in [-0.15, -0.1) is 0 Å². The molecule has 1 atom stereocenters. The first kappa shape index (κ1) is 17.2. The van der Waals surface area contributed by atoms with Crippen LogP contribution in [0.2, 0.25) is 0 Å². The average Bonchev–Trinajstić information content (AvgIpc) is 3.15. The second-order valence-corrected chi connectivity index (χ2v) is 6.81. The van der Waals surface area contributed by atoms with Crippen LogP contribution in [0.25, 0.3) is 0 Å². The first-order chi connectivity index (χ1) is 11.5. The van der Waals surface area contributed by atoms with E-state index in [-0.39, 0.29) is 0 Å². The molecule has 0 spiro atoms. The average molecular weight is 333 g/mol. The van der Waals surface area contributed by atoms with Gasteiger partial charge in [0.1, 0.15) is 18.2 Å². The maximum absolute atomic E-state index is 10.2. The summed E-state index contributed by atoms with van der Waals surface area (Å²) in [6.45, 7) is 7.39. The summed E-state index contributed by atoms with van der Waals surface area (Å²) < 4.78 is 13.0. The van der Waals surface area contributed by atoms with E-state index < -0.39 is 6.10 Å². The van der Waals surface area contributed by atoms with Crippen molar-refractivity contribution in [2.45, 2.75) is 45.4 Å². The second-order valence-electron chi connectivity index (χ2n) is 6.81. The molecule has 0 fully saturated rings. The Morgan fingerprint density at radius 2 is 2.25 bits per heavy atom. The molecule has 3 heterocycles. The van der Waals surface area contributed by atoms with E-state index in [1.165, 1.54) is 5.69 Å². The monoisotopic (exact) mass is 333 g/mol. The summed E-state index contributed by atoms with van der Waals surface area (Å²) in [6.07, 6.45) is 2.10. The lowest BCUT2D eigenvalue weighted by Gasteiger charge is -2.28. The van der Waals surface area contributed by atoms with E-state index in [0.717, 1.165) is 36.8 Å². The van der Waals surface area contributed by atoms with Gasteiger partial charge in [0.05, 0.1) is 24.7 Å². The molecule has 0 bridgehead atoms. The molecule has 1 aliphatic heterocycles. The molecule has 6 heteroatoms. The van der Waals surface area contributed by atoms with Crippen molar-refractivity contribution in [3.63, 3.8) is 0 Å². The van der Waals surface area contributed by atoms with Gasteiger partial charge in [-0.25, -0.2) is 4.98 Å². The van der Waals surface area contributed by atoms with Crippen LogP contribution in [0.15, 0.2) is 22.8 Å². The molecule has 0 saturated carbocycles. The third-order valence-corrected chi connectivity index (χ3v) is 4.49. The summed E-state index contributed by atoms with van der Waals surface area (Å²) in [5.74, 6) is 2.35. The second kappa shape index (κ2) is 7.51. The normalized spacial score (nSPS) is 16.5. The van der Waals surface area contributed by atoms with Crippen molar-refractivity contribution < 1.29 is 14.3 Å². The maximum atomic E-state index is 10.2. The van der Waals surface area contributed by atoms with Crippen molar-refractivity contribution in [2.75, 3.05) is 19.7 Å². The molecule has 0 unspecified atom stereocenters. The van der Waals surface area contributed by atoms with Crippen molar-refractivity contribution in [3.05, 3.63) is 41.4 Å². The Morgan fingerprint density at radius 1 is 1.42 bits per heavy atom. The molecule has 2 aromatic heterocycles. The Labute approximate surface area is 143 Å². The van der Waals surface area contributed by atoms with Gasteiger partial charge in [-0.2, -0.15) is 0 Å². The van der Waals surface area contributed by atoms with Crippen LogP contribution in [0.3, 0.4) is 0 Å². The standard InChI is InChI=1S/C18H27N3O3/c1-13(2)18-19-16-10-21(7-6-17(16)20(18)3)9-14(22)11-23-12-15-5-4-8-24-15/h4-5,8,13-14,22H,6-7,9-12H2,1-3H3/t14-/m1/s1. The minimum absolute atomic E-state index is 0.309. The summed E-state index contributed by atoms with van der Waals surface area (Å²) in [5.41, 5.74) is 2.48. The Morgan fingerprint density at radius 3 is 2.96 bits per heavy atom. The first-order valence-corrected chi connectivity index (χ1v) is 8.59. The van der Waals surface area contributed by atoms with E-state index in [2.05, 4.69) is 30.4 Å². The molecule has 6 nitrogen and oxygen atoms in total. The van der Waals surface area contributed by atoms with Gasteiger partial charge in [0.25, 0.3) is 0 Å². The summed E-state index contributed by atoms with van der Waals surface area (Å²) in [6, 6.07) is 3.70. The number of aromatic nitrogens is 2. The van der Waals surface area contributed by atoms with Crippen LogP contribution in [0, 0.1) is 0 Å². The van der Waals surface area contributed by atoms with E-state index in [4.69, 9.17) is 14.1 Å². The fraction of sp³-hybridized carbons (Fsp3) is 0.611. The van der Waals surface area contributed by atoms with Crippen LogP contribution in [0.5, 0.6) is 0 Å². The van der Waals surface area contributed by atoms with Gasteiger partial charge in [-0.05, 0) is 12.1 Å². The van der Waals surface area contributed by atoms with Crippen LogP contribution in [-0.2, 0) is 31.4 Å². The lowest BCUT2D eigenvalue weighted by Crippen LogP contribution is -2.38. The summed E-state index contributed by atoms with van der Waals surface area (Å²) in [7, 11) is 2.11. The van der Waals surface area contributed by atoms with Crippen molar-refractivity contribution in [3.8, 4) is 0 Å². The lowest BCUT2D eigenvalue weighted by atomic mass is 10.1. The molecule has 24 heavy (non-hydrogen) atoms. The molecule has 0 aromatic carbocycles. The highest BCUT2D eigenvalue weighted by molar-refractivity contribution is 5.21. The maximum Gasteiger partial charge on any atom is 0.129 e. The molecule has 3 rings (SSSR count). The number of aliphatic hydroxyl groups is 1. The number of fused-ring (bicyclic) bond motifs is 1. The molecule has 2 aromatic rings. The fourth-order valence-corrected chi connectivity index (χ4v) is 3.32. The SMILES string of the molecule is CC(C)c1nc2c(n1C)CCN(C[C@@H](O)COCc1ccco1)C2. The fourth-order valence-electron chi connectivity index (χ4n) is 3.32. The van der Waals surface area contributed by atoms with E-state index in [9.17, 15) is 5.11 Å². The third-order valence-electron chi connectivity index (χ3n) is 4.49. The predicted octanol–water partition coefficient (Wildman–Crippen LogP) is 2.07. The summed E-state index contributed by atoms with van der Waals surface area (Å²) in [5, 5.41) is 10.2. The number of aliphatic hydroxyl groups excluding tert-OH is 1. The number of rotatable bonds is 7. The Bertz CT molecular complexity index is 649. The number of nitrogens with zero attached hydrogens (tertiary/aromatic N) is 3. The molecule has 0 saturated heterocycles. The molecule has 1 aliphatic rings. The number of hydrogen-bond acceptors (Lipinski definition) is 5. The highest BCUT2D eigenvalue weighted by atomic mass is 16.5. The number of imidazole rings is 1. The molecule has 132 valence electrons. The Hall–Kier alpha value is -1.63. The van der Waals surface area contributed by atoms with Gasteiger partial charge in [-0.1, -0.05) is 13.8 Å². The number of furan rings is 1. The first-order valence-electron chi connectivity index (χ1n) is 8.59. The van der Waals surface area contributed by atoms with Gasteiger partial charge in [0.2, 0.25) is 0 Å². The summed E-state index contributed by atoms with van der Waals surface area (Å²) in [4.78, 5) is 7.05. The number of hydrogen-bond donors (Lipinski definition) is 1. The van der Waals surface area contributed by atoms with E-state index in [1.807, 2.05) is 12.1 Å². The van der Waals surface area contributed by atoms with E-state index in [0.29, 0.717) is 25.7 Å². The van der Waals surface area contributed by atoms with Crippen molar-refractivity contribution in [2.24, 2.45) is 7.05 Å². The van der Waals surface area contributed by atoms with Crippen LogP contribution >= 0.6 is 0 Å². The van der Waals surface area contributed by atoms with E-state index in [1.54, 1.807) is 6.26 Å². The van der Waals surface area contributed by atoms with Gasteiger partial charge in [0, 0.05) is 44.7 Å². The quantitative estimate of drug-likeness (QED) is 0.840. The number of β-amino-alcohol motifs (C(OH)–C–C–N with tert-alkyl or cyclic N) is 1. The van der Waals surface area contributed by atoms with E-state index >= 15 is 0 Å². The van der Waals surface area contributed by atoms with Crippen molar-refractivity contribution >= 4 is 0 Å². The third kappa shape index (κ3) is 3.88. The molecule has 0 radical (unpaired) electrons. The minimum atomic E-state index is -0.505. The topological polar surface area (TPSA) is 63.7 Å². The van der Waals surface area contributed by atoms with Crippen LogP contribution in [0.1, 0.15) is 42.7 Å². The highest BCUT2D eigenvalue weighted by Gasteiger charge is 2.24. The minimum Gasteiger partial charge on any atom is -0.467 e. The zero-order valence-electron chi connectivity index (χ0n) is 14.7. The summed E-state index contributed by atoms with van der Waals surface area (Å²) >= 11 is 0. The zero-order valence-corrected chi connectivity index (χ0v) is 14.7. The predicted molar refractivity (Wildman–Crippen MR) is 90.6 cm³/mol.